The number of nitrogens with zero attached hydrogens (tertiary/aromatic N) is 4. The molecule has 0 saturated carbocycles. The van der Waals surface area contributed by atoms with Gasteiger partial charge in [0.1, 0.15) is 10.6 Å². The molecule has 0 unspecified atom stereocenters. The Morgan fingerprint density at radius 1 is 0.955 bits per heavy atom. The first-order valence-corrected chi connectivity index (χ1v) is 15.6. The highest BCUT2D eigenvalue weighted by molar-refractivity contribution is 7.99. The zero-order valence-corrected chi connectivity index (χ0v) is 25.4. The predicted molar refractivity (Wildman–Crippen MR) is 177 cm³/mol. The summed E-state index contributed by atoms with van der Waals surface area (Å²) in [4.78, 5) is 30.8. The molecule has 3 aromatic carbocycles. The number of allylic oxidation sites excluding steroid dienone is 1. The lowest BCUT2D eigenvalue weighted by Gasteiger charge is -2.12. The standard InChI is InChI=1S/C34H27N5O3S2/c1-3-18-39-31(25-19-28(23-14-8-5-9-15-23)35-27-17-11-10-16-24(25)27)37-38-34(39)44-21-29(40)36-32-30(33(41)42-2)26(20-43-32)22-12-6-4-7-13-22/h3-17,19-20H,1,18,21H2,2H3,(H,36,40). The van der Waals surface area contributed by atoms with Crippen LogP contribution in [0.5, 0.6) is 0 Å². The number of pyridine rings is 1. The van der Waals surface area contributed by atoms with E-state index in [0.717, 1.165) is 33.3 Å². The van der Waals surface area contributed by atoms with E-state index in [9.17, 15) is 9.59 Å². The van der Waals surface area contributed by atoms with E-state index in [-0.39, 0.29) is 11.7 Å². The van der Waals surface area contributed by atoms with E-state index >= 15 is 0 Å². The summed E-state index contributed by atoms with van der Waals surface area (Å²) in [5.74, 6) is -0.0804. The van der Waals surface area contributed by atoms with Gasteiger partial charge in [0.2, 0.25) is 5.91 Å². The van der Waals surface area contributed by atoms with Crippen molar-refractivity contribution in [3.05, 3.63) is 115 Å². The zero-order valence-electron chi connectivity index (χ0n) is 23.8. The molecule has 0 spiro atoms. The molecule has 1 N–H and O–H groups in total. The van der Waals surface area contributed by atoms with Crippen LogP contribution in [0.1, 0.15) is 10.4 Å². The number of thiophene rings is 1. The molecule has 1 amide bonds. The van der Waals surface area contributed by atoms with E-state index in [4.69, 9.17) is 9.72 Å². The Balaban J connectivity index is 1.28. The molecule has 0 aliphatic rings. The Hall–Kier alpha value is -5.06. The minimum absolute atomic E-state index is 0.0564. The number of methoxy groups -OCH3 is 1. The summed E-state index contributed by atoms with van der Waals surface area (Å²) in [6, 6.07) is 29.5. The van der Waals surface area contributed by atoms with Crippen LogP contribution in [-0.4, -0.2) is 44.5 Å². The van der Waals surface area contributed by atoms with Crippen LogP contribution >= 0.6 is 23.1 Å². The van der Waals surface area contributed by atoms with Crippen LogP contribution in [0.2, 0.25) is 0 Å². The molecule has 0 radical (unpaired) electrons. The number of hydrogen-bond donors (Lipinski definition) is 1. The van der Waals surface area contributed by atoms with Crippen molar-refractivity contribution in [2.45, 2.75) is 11.7 Å². The number of carbonyl (C=O) groups excluding carboxylic acids is 2. The number of ether oxygens (including phenoxy) is 1. The van der Waals surface area contributed by atoms with E-state index in [1.807, 2.05) is 101 Å². The van der Waals surface area contributed by atoms with Gasteiger partial charge in [0.15, 0.2) is 11.0 Å². The van der Waals surface area contributed by atoms with Gasteiger partial charge in [-0.1, -0.05) is 96.7 Å². The van der Waals surface area contributed by atoms with Crippen LogP contribution in [0.4, 0.5) is 5.00 Å². The maximum atomic E-state index is 13.2. The molecule has 3 heterocycles. The minimum atomic E-state index is -0.511. The second-order valence-corrected chi connectivity index (χ2v) is 11.5. The van der Waals surface area contributed by atoms with Crippen LogP contribution in [0.25, 0.3) is 44.7 Å². The number of thioether (sulfide) groups is 1. The molecule has 0 aliphatic heterocycles. The van der Waals surface area contributed by atoms with Gasteiger partial charge >= 0.3 is 5.97 Å². The Labute approximate surface area is 262 Å². The van der Waals surface area contributed by atoms with Crippen molar-refractivity contribution in [1.29, 1.82) is 0 Å². The van der Waals surface area contributed by atoms with Gasteiger partial charge in [-0.25, -0.2) is 9.78 Å². The maximum Gasteiger partial charge on any atom is 0.341 e. The predicted octanol–water partition coefficient (Wildman–Crippen LogP) is 7.59. The number of anilines is 1. The molecule has 8 nitrogen and oxygen atoms in total. The number of hydrogen-bond acceptors (Lipinski definition) is 8. The van der Waals surface area contributed by atoms with Crippen LogP contribution in [0.15, 0.2) is 114 Å². The zero-order chi connectivity index (χ0) is 30.5. The summed E-state index contributed by atoms with van der Waals surface area (Å²) in [7, 11) is 1.33. The Morgan fingerprint density at radius 2 is 1.66 bits per heavy atom. The normalized spacial score (nSPS) is 10.9. The fraction of sp³-hybridized carbons (Fsp3) is 0.0882. The van der Waals surface area contributed by atoms with Gasteiger partial charge < -0.3 is 10.1 Å². The molecule has 0 fully saturated rings. The Morgan fingerprint density at radius 3 is 2.39 bits per heavy atom. The average Bonchev–Trinajstić information content (AvgIpc) is 3.67. The van der Waals surface area contributed by atoms with E-state index in [2.05, 4.69) is 22.1 Å². The topological polar surface area (TPSA) is 99.0 Å². The molecule has 3 aromatic heterocycles. The van der Waals surface area contributed by atoms with Crippen molar-refractivity contribution in [1.82, 2.24) is 19.7 Å². The lowest BCUT2D eigenvalue weighted by Crippen LogP contribution is -2.16. The number of nitrogens with one attached hydrogen (secondary N) is 1. The third kappa shape index (κ3) is 5.90. The van der Waals surface area contributed by atoms with E-state index in [0.29, 0.717) is 33.7 Å². The SMILES string of the molecule is C=CCn1c(SCC(=O)Nc2scc(-c3ccccc3)c2C(=O)OC)nnc1-c1cc(-c2ccccc2)nc2ccccc12. The van der Waals surface area contributed by atoms with Crippen LogP contribution in [0.3, 0.4) is 0 Å². The van der Waals surface area contributed by atoms with Gasteiger partial charge in [-0.3, -0.25) is 9.36 Å². The van der Waals surface area contributed by atoms with Gasteiger partial charge in [-0.2, -0.15) is 0 Å². The van der Waals surface area contributed by atoms with E-state index in [1.165, 1.54) is 30.2 Å². The van der Waals surface area contributed by atoms with Crippen LogP contribution in [-0.2, 0) is 16.1 Å². The third-order valence-electron chi connectivity index (χ3n) is 6.91. The van der Waals surface area contributed by atoms with Crippen molar-refractivity contribution >= 4 is 50.9 Å². The Kier molecular flexibility index (Phi) is 8.62. The molecule has 44 heavy (non-hydrogen) atoms. The highest BCUT2D eigenvalue weighted by Gasteiger charge is 2.23. The minimum Gasteiger partial charge on any atom is -0.465 e. The number of aromatic nitrogens is 4. The van der Waals surface area contributed by atoms with Crippen molar-refractivity contribution in [3.63, 3.8) is 0 Å². The van der Waals surface area contributed by atoms with Crippen molar-refractivity contribution in [2.75, 3.05) is 18.2 Å². The second kappa shape index (κ2) is 13.1. The van der Waals surface area contributed by atoms with Gasteiger partial charge in [-0.05, 0) is 17.7 Å². The summed E-state index contributed by atoms with van der Waals surface area (Å²) < 4.78 is 6.98. The molecule has 10 heteroatoms. The maximum absolute atomic E-state index is 13.2. The van der Waals surface area contributed by atoms with Gasteiger partial charge in [-0.15, -0.1) is 28.1 Å². The van der Waals surface area contributed by atoms with Gasteiger partial charge in [0.05, 0.1) is 24.1 Å². The first-order valence-electron chi connectivity index (χ1n) is 13.7. The average molecular weight is 618 g/mol. The molecule has 6 aromatic rings. The summed E-state index contributed by atoms with van der Waals surface area (Å²) in [5, 5.41) is 15.7. The smallest absolute Gasteiger partial charge is 0.341 e. The molecular formula is C34H27N5O3S2. The quantitative estimate of drug-likeness (QED) is 0.0960. The largest absolute Gasteiger partial charge is 0.465 e. The van der Waals surface area contributed by atoms with Gasteiger partial charge in [0.25, 0.3) is 0 Å². The highest BCUT2D eigenvalue weighted by atomic mass is 32.2. The summed E-state index contributed by atoms with van der Waals surface area (Å²) in [6.45, 7) is 4.38. The number of carbonyl (C=O) groups is 2. The molecule has 0 atom stereocenters. The molecule has 0 bridgehead atoms. The van der Waals surface area contributed by atoms with Crippen molar-refractivity contribution < 1.29 is 14.3 Å². The first-order chi connectivity index (χ1) is 21.6. The number of rotatable bonds is 10. The van der Waals surface area contributed by atoms with Gasteiger partial charge in [0, 0.05) is 34.0 Å². The number of benzene rings is 3. The Bertz CT molecular complexity index is 1970. The van der Waals surface area contributed by atoms with Crippen molar-refractivity contribution in [3.8, 4) is 33.8 Å². The summed E-state index contributed by atoms with van der Waals surface area (Å²) in [6.07, 6.45) is 1.78. The van der Waals surface area contributed by atoms with E-state index in [1.54, 1.807) is 6.08 Å². The molecule has 218 valence electrons. The van der Waals surface area contributed by atoms with Crippen LogP contribution < -0.4 is 5.32 Å². The van der Waals surface area contributed by atoms with E-state index < -0.39 is 5.97 Å². The molecule has 6 rings (SSSR count). The number of para-hydroxylation sites is 1. The second-order valence-electron chi connectivity index (χ2n) is 9.69. The molecule has 0 aliphatic carbocycles. The molecule has 0 saturated heterocycles. The summed E-state index contributed by atoms with van der Waals surface area (Å²) in [5.41, 5.74) is 5.46. The van der Waals surface area contributed by atoms with Crippen LogP contribution in [0, 0.1) is 0 Å². The third-order valence-corrected chi connectivity index (χ3v) is 8.77. The highest BCUT2D eigenvalue weighted by Crippen LogP contribution is 2.37. The number of amides is 1. The number of esters is 1. The lowest BCUT2D eigenvalue weighted by atomic mass is 10.0. The fourth-order valence-corrected chi connectivity index (χ4v) is 6.60. The first kappa shape index (κ1) is 29.0. The summed E-state index contributed by atoms with van der Waals surface area (Å²) >= 11 is 2.54. The lowest BCUT2D eigenvalue weighted by molar-refractivity contribution is -0.113. The monoisotopic (exact) mass is 617 g/mol. The van der Waals surface area contributed by atoms with Crippen molar-refractivity contribution in [2.24, 2.45) is 0 Å². The fourth-order valence-electron chi connectivity index (χ4n) is 4.88. The number of fused-ring (bicyclic) bond motifs is 1. The molecular weight excluding hydrogens is 591 g/mol.